The Balaban J connectivity index is 0.000000774. The maximum Gasteiger partial charge on any atom is 0.357 e. The van der Waals surface area contributed by atoms with Gasteiger partial charge in [-0.3, -0.25) is 0 Å². The van der Waals surface area contributed by atoms with Gasteiger partial charge < -0.3 is 18.4 Å². The lowest BCUT2D eigenvalue weighted by Gasteiger charge is -1.84. The second kappa shape index (κ2) is 6.04. The first-order valence-electron chi connectivity index (χ1n) is 6.20. The lowest BCUT2D eigenvalue weighted by Crippen LogP contribution is -1.95. The van der Waals surface area contributed by atoms with Crippen LogP contribution >= 0.6 is 0 Å². The Bertz CT molecular complexity index is 740. The number of carboxylic acids is 1. The molecule has 0 saturated carbocycles. The number of rotatable bonds is 3. The third-order valence-electron chi connectivity index (χ3n) is 2.28. The molecular formula is C13H13N3O5. The van der Waals surface area contributed by atoms with Crippen LogP contribution in [-0.2, 0) is 0 Å². The number of aryl methyl sites for hydroxylation is 1. The first kappa shape index (κ1) is 14.5. The highest BCUT2D eigenvalue weighted by Gasteiger charge is 2.17. The standard InChI is InChI=1S/C11H7N3O5.C2H6/c1-5-12-6(2-17-5)9-13-7(3-18-9)10-14-8(4-19-10)11(15)16;1-2/h2-4H,1H3,(H,15,16);1-2H3. The normalized spacial score (nSPS) is 10.0. The first-order chi connectivity index (χ1) is 10.1. The minimum Gasteiger partial charge on any atom is -0.476 e. The second-order valence-electron chi connectivity index (χ2n) is 3.63. The Hall–Kier alpha value is -2.90. The highest BCUT2D eigenvalue weighted by molar-refractivity contribution is 5.85. The summed E-state index contributed by atoms with van der Waals surface area (Å²) in [6.45, 7) is 5.70. The number of aromatic nitrogens is 3. The van der Waals surface area contributed by atoms with Gasteiger partial charge in [0.2, 0.25) is 11.8 Å². The Kier molecular flexibility index (Phi) is 4.17. The van der Waals surface area contributed by atoms with Crippen LogP contribution in [0.15, 0.2) is 32.0 Å². The van der Waals surface area contributed by atoms with Crippen LogP contribution in [0.4, 0.5) is 0 Å². The van der Waals surface area contributed by atoms with Gasteiger partial charge in [-0.2, -0.15) is 0 Å². The summed E-state index contributed by atoms with van der Waals surface area (Å²) in [7, 11) is 0. The quantitative estimate of drug-likeness (QED) is 0.782. The molecule has 3 heterocycles. The van der Waals surface area contributed by atoms with Gasteiger partial charge in [-0.05, 0) is 0 Å². The summed E-state index contributed by atoms with van der Waals surface area (Å²) < 4.78 is 15.3. The molecule has 8 nitrogen and oxygen atoms in total. The maximum atomic E-state index is 10.7. The molecule has 0 unspecified atom stereocenters. The van der Waals surface area contributed by atoms with Crippen molar-refractivity contribution in [2.45, 2.75) is 20.8 Å². The number of oxazole rings is 3. The van der Waals surface area contributed by atoms with Crippen LogP contribution in [0.3, 0.4) is 0 Å². The van der Waals surface area contributed by atoms with Crippen LogP contribution in [0.25, 0.3) is 23.2 Å². The van der Waals surface area contributed by atoms with Gasteiger partial charge in [0.25, 0.3) is 0 Å². The van der Waals surface area contributed by atoms with E-state index in [9.17, 15) is 4.79 Å². The summed E-state index contributed by atoms with van der Waals surface area (Å²) in [5.74, 6) is -0.389. The molecule has 1 N–H and O–H groups in total. The van der Waals surface area contributed by atoms with Gasteiger partial charge in [0, 0.05) is 6.92 Å². The Morgan fingerprint density at radius 1 is 0.952 bits per heavy atom. The van der Waals surface area contributed by atoms with E-state index < -0.39 is 5.97 Å². The molecule has 3 aromatic heterocycles. The molecule has 8 heteroatoms. The lowest BCUT2D eigenvalue weighted by atomic mass is 10.4. The molecule has 0 aromatic carbocycles. The van der Waals surface area contributed by atoms with Crippen molar-refractivity contribution < 1.29 is 23.2 Å². The molecule has 0 aliphatic carbocycles. The number of hydrogen-bond acceptors (Lipinski definition) is 7. The molecule has 0 bridgehead atoms. The molecule has 3 rings (SSSR count). The number of carboxylic acid groups (broad SMARTS) is 1. The van der Waals surface area contributed by atoms with E-state index in [1.165, 1.54) is 12.5 Å². The van der Waals surface area contributed by atoms with Crippen LogP contribution in [0, 0.1) is 6.92 Å². The molecule has 3 aromatic rings. The van der Waals surface area contributed by atoms with E-state index in [0.717, 1.165) is 6.26 Å². The number of hydrogen-bond donors (Lipinski definition) is 1. The van der Waals surface area contributed by atoms with Crippen LogP contribution in [0.2, 0.25) is 0 Å². The minimum absolute atomic E-state index is 0.0626. The molecule has 0 aliphatic heterocycles. The van der Waals surface area contributed by atoms with Crippen molar-refractivity contribution in [2.75, 3.05) is 0 Å². The minimum atomic E-state index is -1.18. The largest absolute Gasteiger partial charge is 0.476 e. The number of carbonyl (C=O) groups is 1. The summed E-state index contributed by atoms with van der Waals surface area (Å²) in [5.41, 5.74) is 0.522. The summed E-state index contributed by atoms with van der Waals surface area (Å²) >= 11 is 0. The van der Waals surface area contributed by atoms with Crippen molar-refractivity contribution in [1.82, 2.24) is 15.0 Å². The fourth-order valence-electron chi connectivity index (χ4n) is 1.44. The van der Waals surface area contributed by atoms with Crippen LogP contribution in [0.1, 0.15) is 30.2 Å². The van der Waals surface area contributed by atoms with E-state index >= 15 is 0 Å². The number of aromatic carboxylic acids is 1. The number of nitrogens with zero attached hydrogens (tertiary/aromatic N) is 3. The SMILES string of the molecule is CC.Cc1nc(-c2nc(-c3nc(C(=O)O)co3)co2)co1. The Morgan fingerprint density at radius 3 is 2.10 bits per heavy atom. The fourth-order valence-corrected chi connectivity index (χ4v) is 1.44. The zero-order chi connectivity index (χ0) is 15.4. The molecule has 0 saturated heterocycles. The van der Waals surface area contributed by atoms with Crippen molar-refractivity contribution in [2.24, 2.45) is 0 Å². The zero-order valence-corrected chi connectivity index (χ0v) is 11.7. The van der Waals surface area contributed by atoms with E-state index in [0.29, 0.717) is 11.6 Å². The van der Waals surface area contributed by atoms with E-state index in [1.54, 1.807) is 6.92 Å². The van der Waals surface area contributed by atoms with Crippen molar-refractivity contribution in [1.29, 1.82) is 0 Å². The summed E-state index contributed by atoms with van der Waals surface area (Å²) in [6, 6.07) is 0. The van der Waals surface area contributed by atoms with Gasteiger partial charge in [-0.15, -0.1) is 0 Å². The highest BCUT2D eigenvalue weighted by atomic mass is 16.4. The highest BCUT2D eigenvalue weighted by Crippen LogP contribution is 2.23. The molecule has 0 amide bonds. The zero-order valence-electron chi connectivity index (χ0n) is 11.7. The predicted molar refractivity (Wildman–Crippen MR) is 70.5 cm³/mol. The van der Waals surface area contributed by atoms with E-state index in [2.05, 4.69) is 15.0 Å². The molecule has 0 atom stereocenters. The van der Waals surface area contributed by atoms with Crippen molar-refractivity contribution in [3.63, 3.8) is 0 Å². The van der Waals surface area contributed by atoms with Crippen molar-refractivity contribution in [3.8, 4) is 23.2 Å². The van der Waals surface area contributed by atoms with Crippen molar-refractivity contribution >= 4 is 5.97 Å². The van der Waals surface area contributed by atoms with Crippen molar-refractivity contribution in [3.05, 3.63) is 30.4 Å². The Morgan fingerprint density at radius 2 is 1.52 bits per heavy atom. The monoisotopic (exact) mass is 291 g/mol. The topological polar surface area (TPSA) is 115 Å². The summed E-state index contributed by atoms with van der Waals surface area (Å²) in [4.78, 5) is 22.6. The molecule has 21 heavy (non-hydrogen) atoms. The van der Waals surface area contributed by atoms with Gasteiger partial charge in [0.15, 0.2) is 23.0 Å². The van der Waals surface area contributed by atoms with Gasteiger partial charge in [-0.25, -0.2) is 19.7 Å². The van der Waals surface area contributed by atoms with E-state index in [1.807, 2.05) is 13.8 Å². The van der Waals surface area contributed by atoms with Gasteiger partial charge in [0.1, 0.15) is 18.8 Å². The molecule has 0 radical (unpaired) electrons. The van der Waals surface area contributed by atoms with E-state index in [4.69, 9.17) is 18.4 Å². The average Bonchev–Trinajstić information content (AvgIpc) is 3.20. The van der Waals surface area contributed by atoms with Crippen LogP contribution < -0.4 is 0 Å². The van der Waals surface area contributed by atoms with Crippen LogP contribution in [0.5, 0.6) is 0 Å². The smallest absolute Gasteiger partial charge is 0.357 e. The van der Waals surface area contributed by atoms with Crippen LogP contribution in [-0.4, -0.2) is 26.0 Å². The average molecular weight is 291 g/mol. The predicted octanol–water partition coefficient (Wildman–Crippen LogP) is 3.02. The first-order valence-corrected chi connectivity index (χ1v) is 6.20. The maximum absolute atomic E-state index is 10.7. The summed E-state index contributed by atoms with van der Waals surface area (Å²) in [6.07, 6.45) is 3.74. The second-order valence-corrected chi connectivity index (χ2v) is 3.63. The molecule has 0 spiro atoms. The molecule has 0 aliphatic rings. The fraction of sp³-hybridized carbons (Fsp3) is 0.231. The van der Waals surface area contributed by atoms with Gasteiger partial charge in [-0.1, -0.05) is 13.8 Å². The molecule has 0 fully saturated rings. The summed E-state index contributed by atoms with van der Waals surface area (Å²) in [5, 5.41) is 8.74. The molecular weight excluding hydrogens is 278 g/mol. The third-order valence-corrected chi connectivity index (χ3v) is 2.28. The van der Waals surface area contributed by atoms with Gasteiger partial charge >= 0.3 is 5.97 Å². The molecule has 110 valence electrons. The lowest BCUT2D eigenvalue weighted by molar-refractivity contribution is 0.0690. The van der Waals surface area contributed by atoms with E-state index in [-0.39, 0.29) is 23.2 Å². The Labute approximate surface area is 119 Å². The third kappa shape index (κ3) is 2.99. The van der Waals surface area contributed by atoms with Gasteiger partial charge in [0.05, 0.1) is 0 Å².